The first-order valence-corrected chi connectivity index (χ1v) is 7.65. The number of ether oxygens (including phenoxy) is 1. The van der Waals surface area contributed by atoms with Crippen LogP contribution in [0.3, 0.4) is 0 Å². The number of halogens is 2. The Kier molecular flexibility index (Phi) is 8.33. The summed E-state index contributed by atoms with van der Waals surface area (Å²) in [5.41, 5.74) is 6.03. The molecule has 1 saturated heterocycles. The van der Waals surface area contributed by atoms with Gasteiger partial charge in [-0.25, -0.2) is 0 Å². The Bertz CT molecular complexity index is 525. The fraction of sp³-hybridized carbons (Fsp3) is 0.467. The summed E-state index contributed by atoms with van der Waals surface area (Å²) in [5, 5.41) is 6.05. The van der Waals surface area contributed by atoms with Crippen molar-refractivity contribution in [1.82, 2.24) is 10.6 Å². The van der Waals surface area contributed by atoms with Crippen molar-refractivity contribution in [1.29, 1.82) is 0 Å². The first-order valence-electron chi connectivity index (χ1n) is 7.27. The third-order valence-electron chi connectivity index (χ3n) is 3.48. The number of carbonyl (C=O) groups is 2. The van der Waals surface area contributed by atoms with Crippen LogP contribution in [0.5, 0.6) is 0 Å². The normalized spacial score (nSPS) is 19.7. The maximum Gasteiger partial charge on any atom is 0.251 e. The molecule has 2 amide bonds. The van der Waals surface area contributed by atoms with E-state index in [1.165, 1.54) is 0 Å². The Hall–Kier alpha value is -1.34. The van der Waals surface area contributed by atoms with Crippen molar-refractivity contribution in [2.75, 3.05) is 19.6 Å². The molecule has 0 aliphatic carbocycles. The molecule has 4 N–H and O–H groups in total. The van der Waals surface area contributed by atoms with Crippen molar-refractivity contribution < 1.29 is 14.3 Å². The lowest BCUT2D eigenvalue weighted by Gasteiger charge is -2.13. The molecule has 0 spiro atoms. The molecule has 2 atom stereocenters. The van der Waals surface area contributed by atoms with Gasteiger partial charge in [-0.3, -0.25) is 9.59 Å². The molecule has 23 heavy (non-hydrogen) atoms. The number of benzene rings is 1. The molecule has 8 heteroatoms. The zero-order valence-electron chi connectivity index (χ0n) is 12.6. The molecule has 6 nitrogen and oxygen atoms in total. The van der Waals surface area contributed by atoms with Gasteiger partial charge in [0.1, 0.15) is 6.10 Å². The van der Waals surface area contributed by atoms with Crippen molar-refractivity contribution in [2.24, 2.45) is 5.73 Å². The van der Waals surface area contributed by atoms with Crippen molar-refractivity contribution >= 4 is 35.8 Å². The fourth-order valence-corrected chi connectivity index (χ4v) is 2.38. The average Bonchev–Trinajstić information content (AvgIpc) is 3.01. The minimum atomic E-state index is -0.430. The van der Waals surface area contributed by atoms with Crippen LogP contribution in [0.1, 0.15) is 23.2 Å². The van der Waals surface area contributed by atoms with Gasteiger partial charge in [-0.2, -0.15) is 0 Å². The molecule has 128 valence electrons. The van der Waals surface area contributed by atoms with Gasteiger partial charge in [0, 0.05) is 30.2 Å². The van der Waals surface area contributed by atoms with E-state index in [0.29, 0.717) is 36.6 Å². The quantitative estimate of drug-likeness (QED) is 0.661. The first kappa shape index (κ1) is 19.7. The zero-order valence-corrected chi connectivity index (χ0v) is 14.2. The van der Waals surface area contributed by atoms with E-state index in [-0.39, 0.29) is 30.3 Å². The van der Waals surface area contributed by atoms with Crippen LogP contribution >= 0.6 is 24.0 Å². The van der Waals surface area contributed by atoms with Gasteiger partial charge in [0.15, 0.2) is 0 Å². The minimum Gasteiger partial charge on any atom is -0.364 e. The summed E-state index contributed by atoms with van der Waals surface area (Å²) in [6.07, 6.45) is 1.04. The molecule has 0 radical (unpaired) electrons. The van der Waals surface area contributed by atoms with Crippen molar-refractivity contribution in [2.45, 2.75) is 25.0 Å². The van der Waals surface area contributed by atoms with E-state index < -0.39 is 6.10 Å². The second-order valence-corrected chi connectivity index (χ2v) is 5.55. The molecule has 1 aliphatic rings. The Balaban J connectivity index is 0.00000264. The van der Waals surface area contributed by atoms with Crippen molar-refractivity contribution in [3.63, 3.8) is 0 Å². The Morgan fingerprint density at radius 2 is 1.83 bits per heavy atom. The highest BCUT2D eigenvalue weighted by molar-refractivity contribution is 6.30. The predicted octanol–water partition coefficient (Wildman–Crippen LogP) is 1.11. The number of hydrogen-bond acceptors (Lipinski definition) is 4. The molecule has 1 fully saturated rings. The van der Waals surface area contributed by atoms with E-state index >= 15 is 0 Å². The molecule has 0 aromatic heterocycles. The highest BCUT2D eigenvalue weighted by Gasteiger charge is 2.29. The molecule has 2 rings (SSSR count). The standard InChI is InChI=1S/C15H20ClN3O3.ClH/c16-11-3-1-10(2-4-11)14(20)18-7-8-19-15(21)13-6-5-12(9-17)22-13;/h1-4,12-13H,5-9,17H2,(H,18,20)(H,19,21);1H/t12-,13+;/m1./s1. The lowest BCUT2D eigenvalue weighted by Crippen LogP contribution is -2.40. The molecule has 0 saturated carbocycles. The van der Waals surface area contributed by atoms with Gasteiger partial charge in [-0.15, -0.1) is 12.4 Å². The van der Waals surface area contributed by atoms with Crippen LogP contribution in [-0.4, -0.2) is 43.7 Å². The van der Waals surface area contributed by atoms with Gasteiger partial charge in [0.25, 0.3) is 5.91 Å². The summed E-state index contributed by atoms with van der Waals surface area (Å²) in [7, 11) is 0. The predicted molar refractivity (Wildman–Crippen MR) is 91.0 cm³/mol. The van der Waals surface area contributed by atoms with Crippen LogP contribution in [0.15, 0.2) is 24.3 Å². The van der Waals surface area contributed by atoms with Gasteiger partial charge in [-0.1, -0.05) is 11.6 Å². The monoisotopic (exact) mass is 361 g/mol. The summed E-state index contributed by atoms with van der Waals surface area (Å²) in [6, 6.07) is 6.61. The Labute approximate surface area is 146 Å². The summed E-state index contributed by atoms with van der Waals surface area (Å²) < 4.78 is 5.49. The SMILES string of the molecule is Cl.NC[C@H]1CC[C@@H](C(=O)NCCNC(=O)c2ccc(Cl)cc2)O1. The van der Waals surface area contributed by atoms with Crippen molar-refractivity contribution in [3.05, 3.63) is 34.9 Å². The molecule has 0 bridgehead atoms. The van der Waals surface area contributed by atoms with E-state index in [1.54, 1.807) is 24.3 Å². The lowest BCUT2D eigenvalue weighted by molar-refractivity contribution is -0.131. The van der Waals surface area contributed by atoms with Crippen LogP contribution in [0.4, 0.5) is 0 Å². The Morgan fingerprint density at radius 1 is 1.17 bits per heavy atom. The number of rotatable bonds is 6. The molecule has 0 unspecified atom stereocenters. The highest BCUT2D eigenvalue weighted by atomic mass is 35.5. The number of amides is 2. The second kappa shape index (κ2) is 9.72. The van der Waals surface area contributed by atoms with Gasteiger partial charge >= 0.3 is 0 Å². The van der Waals surface area contributed by atoms with Gasteiger partial charge in [-0.05, 0) is 37.1 Å². The summed E-state index contributed by atoms with van der Waals surface area (Å²) in [4.78, 5) is 23.7. The average molecular weight is 362 g/mol. The fourth-order valence-electron chi connectivity index (χ4n) is 2.25. The van der Waals surface area contributed by atoms with E-state index in [1.807, 2.05) is 0 Å². The van der Waals surface area contributed by atoms with E-state index in [2.05, 4.69) is 10.6 Å². The topological polar surface area (TPSA) is 93.5 Å². The van der Waals surface area contributed by atoms with Crippen molar-refractivity contribution in [3.8, 4) is 0 Å². The summed E-state index contributed by atoms with van der Waals surface area (Å²) in [6.45, 7) is 1.13. The van der Waals surface area contributed by atoms with Gasteiger partial charge in [0.05, 0.1) is 6.10 Å². The van der Waals surface area contributed by atoms with E-state index in [0.717, 1.165) is 6.42 Å². The van der Waals surface area contributed by atoms with Gasteiger partial charge in [0.2, 0.25) is 5.91 Å². The number of nitrogens with two attached hydrogens (primary N) is 1. The number of carbonyl (C=O) groups excluding carboxylic acids is 2. The summed E-state index contributed by atoms with van der Waals surface area (Å²) in [5.74, 6) is -0.358. The van der Waals surface area contributed by atoms with Crippen LogP contribution < -0.4 is 16.4 Å². The minimum absolute atomic E-state index is 0. The second-order valence-electron chi connectivity index (χ2n) is 5.11. The zero-order chi connectivity index (χ0) is 15.9. The van der Waals surface area contributed by atoms with Crippen LogP contribution in [0.2, 0.25) is 5.02 Å². The van der Waals surface area contributed by atoms with E-state index in [4.69, 9.17) is 22.1 Å². The molecule has 1 aromatic carbocycles. The third kappa shape index (κ3) is 5.99. The third-order valence-corrected chi connectivity index (χ3v) is 3.73. The Morgan fingerprint density at radius 3 is 2.43 bits per heavy atom. The number of nitrogens with one attached hydrogen (secondary N) is 2. The first-order chi connectivity index (χ1) is 10.6. The molecule has 1 heterocycles. The van der Waals surface area contributed by atoms with Crippen LogP contribution in [0.25, 0.3) is 0 Å². The number of hydrogen-bond donors (Lipinski definition) is 3. The maximum absolute atomic E-state index is 11.9. The largest absolute Gasteiger partial charge is 0.364 e. The van der Waals surface area contributed by atoms with Crippen LogP contribution in [-0.2, 0) is 9.53 Å². The lowest BCUT2D eigenvalue weighted by atomic mass is 10.2. The molecule has 1 aromatic rings. The molecular formula is C15H21Cl2N3O3. The van der Waals surface area contributed by atoms with Crippen LogP contribution in [0, 0.1) is 0 Å². The molecule has 1 aliphatic heterocycles. The van der Waals surface area contributed by atoms with E-state index in [9.17, 15) is 9.59 Å². The molecular weight excluding hydrogens is 341 g/mol. The van der Waals surface area contributed by atoms with Gasteiger partial charge < -0.3 is 21.1 Å². The maximum atomic E-state index is 11.9. The smallest absolute Gasteiger partial charge is 0.251 e. The highest BCUT2D eigenvalue weighted by Crippen LogP contribution is 2.18. The summed E-state index contributed by atoms with van der Waals surface area (Å²) >= 11 is 5.76.